The van der Waals surface area contributed by atoms with E-state index in [-0.39, 0.29) is 11.5 Å². The first kappa shape index (κ1) is 19.2. The zero-order chi connectivity index (χ0) is 19.3. The average molecular weight is 366 g/mol. The molecule has 2 atom stereocenters. The van der Waals surface area contributed by atoms with Crippen molar-refractivity contribution in [2.24, 2.45) is 11.3 Å². The Bertz CT molecular complexity index is 802. The summed E-state index contributed by atoms with van der Waals surface area (Å²) in [5, 5.41) is 22.8. The molecule has 0 amide bonds. The highest BCUT2D eigenvalue weighted by molar-refractivity contribution is 5.37. The molecule has 1 unspecified atom stereocenters. The predicted molar refractivity (Wildman–Crippen MR) is 102 cm³/mol. The highest BCUT2D eigenvalue weighted by Crippen LogP contribution is 2.40. The number of hydrogen-bond donors (Lipinski definition) is 2. The molecule has 27 heavy (non-hydrogen) atoms. The van der Waals surface area contributed by atoms with Crippen molar-refractivity contribution < 1.29 is 5.11 Å². The normalized spacial score (nSPS) is 21.4. The van der Waals surface area contributed by atoms with Crippen LogP contribution in [0.2, 0.25) is 0 Å². The monoisotopic (exact) mass is 366 g/mol. The van der Waals surface area contributed by atoms with Gasteiger partial charge in [-0.15, -0.1) is 0 Å². The van der Waals surface area contributed by atoms with Crippen molar-refractivity contribution in [2.45, 2.75) is 52.1 Å². The van der Waals surface area contributed by atoms with Crippen molar-refractivity contribution in [1.29, 1.82) is 5.26 Å². The van der Waals surface area contributed by atoms with Crippen molar-refractivity contribution >= 4 is 5.95 Å². The van der Waals surface area contributed by atoms with E-state index >= 15 is 0 Å². The summed E-state index contributed by atoms with van der Waals surface area (Å²) in [6.45, 7) is 4.88. The van der Waals surface area contributed by atoms with Crippen LogP contribution < -0.4 is 5.32 Å². The lowest BCUT2D eigenvalue weighted by Gasteiger charge is -2.39. The molecule has 0 radical (unpaired) electrons. The van der Waals surface area contributed by atoms with Gasteiger partial charge >= 0.3 is 0 Å². The third kappa shape index (κ3) is 4.98. The van der Waals surface area contributed by atoms with Crippen LogP contribution in [0.1, 0.15) is 49.9 Å². The Morgan fingerprint density at radius 1 is 1.26 bits per heavy atom. The fourth-order valence-corrected chi connectivity index (χ4v) is 3.74. The first-order valence-corrected chi connectivity index (χ1v) is 9.40. The minimum absolute atomic E-state index is 0.0956. The molecule has 0 aliphatic heterocycles. The number of hydrogen-bond acceptors (Lipinski definition) is 7. The second kappa shape index (κ2) is 8.40. The van der Waals surface area contributed by atoms with Crippen molar-refractivity contribution in [3.8, 4) is 6.07 Å². The van der Waals surface area contributed by atoms with Gasteiger partial charge in [0, 0.05) is 18.9 Å². The van der Waals surface area contributed by atoms with E-state index in [1.807, 2.05) is 0 Å². The van der Waals surface area contributed by atoms with E-state index in [1.54, 1.807) is 18.6 Å². The average Bonchev–Trinajstić information content (AvgIpc) is 2.66. The van der Waals surface area contributed by atoms with Crippen molar-refractivity contribution in [3.63, 3.8) is 0 Å². The second-order valence-corrected chi connectivity index (χ2v) is 7.95. The van der Waals surface area contributed by atoms with Gasteiger partial charge in [0.1, 0.15) is 12.4 Å². The maximum absolute atomic E-state index is 10.2. The second-order valence-electron chi connectivity index (χ2n) is 7.95. The molecule has 1 saturated carbocycles. The lowest BCUT2D eigenvalue weighted by Crippen LogP contribution is -2.37. The molecule has 1 aliphatic carbocycles. The molecule has 7 nitrogen and oxygen atoms in total. The van der Waals surface area contributed by atoms with Crippen LogP contribution in [-0.2, 0) is 12.8 Å². The molecule has 2 N–H and O–H groups in total. The molecule has 0 aromatic carbocycles. The van der Waals surface area contributed by atoms with E-state index in [9.17, 15) is 10.4 Å². The molecule has 0 saturated heterocycles. The van der Waals surface area contributed by atoms with Gasteiger partial charge in [0.2, 0.25) is 5.95 Å². The number of aliphatic hydroxyl groups excluding tert-OH is 1. The van der Waals surface area contributed by atoms with Crippen LogP contribution in [-0.4, -0.2) is 37.7 Å². The van der Waals surface area contributed by atoms with Gasteiger partial charge in [-0.05, 0) is 49.0 Å². The van der Waals surface area contributed by atoms with Crippen molar-refractivity contribution in [2.75, 3.05) is 11.9 Å². The van der Waals surface area contributed by atoms with Crippen LogP contribution in [0.25, 0.3) is 0 Å². The van der Waals surface area contributed by atoms with Crippen molar-refractivity contribution in [1.82, 2.24) is 19.9 Å². The number of aliphatic hydroxyl groups is 1. The number of rotatable bonds is 6. The number of nitriles is 1. The van der Waals surface area contributed by atoms with Crippen LogP contribution >= 0.6 is 0 Å². The Balaban J connectivity index is 1.64. The summed E-state index contributed by atoms with van der Waals surface area (Å²) in [5.41, 5.74) is 2.26. The van der Waals surface area contributed by atoms with Crippen LogP contribution in [0.4, 0.5) is 5.95 Å². The number of nitrogens with one attached hydrogen (secondary N) is 1. The number of aromatic nitrogens is 4. The lowest BCUT2D eigenvalue weighted by molar-refractivity contribution is -0.00748. The fourth-order valence-electron chi connectivity index (χ4n) is 3.74. The lowest BCUT2D eigenvalue weighted by atomic mass is 9.69. The molecule has 2 aromatic heterocycles. The molecule has 7 heteroatoms. The van der Waals surface area contributed by atoms with Crippen LogP contribution in [0.5, 0.6) is 0 Å². The molecule has 3 rings (SSSR count). The van der Waals surface area contributed by atoms with Gasteiger partial charge in [0.05, 0.1) is 23.6 Å². The molecule has 2 aromatic rings. The van der Waals surface area contributed by atoms with Crippen LogP contribution in [0, 0.1) is 22.7 Å². The summed E-state index contributed by atoms with van der Waals surface area (Å²) in [6.07, 6.45) is 10.6. The van der Waals surface area contributed by atoms with Gasteiger partial charge in [-0.3, -0.25) is 0 Å². The van der Waals surface area contributed by atoms with Gasteiger partial charge in [-0.2, -0.15) is 5.26 Å². The number of anilines is 1. The van der Waals surface area contributed by atoms with Gasteiger partial charge in [-0.25, -0.2) is 19.9 Å². The maximum Gasteiger partial charge on any atom is 0.222 e. The van der Waals surface area contributed by atoms with Crippen molar-refractivity contribution in [3.05, 3.63) is 41.7 Å². The maximum atomic E-state index is 10.2. The summed E-state index contributed by atoms with van der Waals surface area (Å²) in [5.74, 6) is 0.954. The largest absolute Gasteiger partial charge is 0.393 e. The molecular weight excluding hydrogens is 340 g/mol. The first-order valence-electron chi connectivity index (χ1n) is 9.40. The van der Waals surface area contributed by atoms with E-state index in [0.29, 0.717) is 24.0 Å². The van der Waals surface area contributed by atoms with Crippen LogP contribution in [0.15, 0.2) is 24.9 Å². The van der Waals surface area contributed by atoms with Gasteiger partial charge in [-0.1, -0.05) is 13.8 Å². The summed E-state index contributed by atoms with van der Waals surface area (Å²) < 4.78 is 0. The summed E-state index contributed by atoms with van der Waals surface area (Å²) in [6, 6.07) is 2.21. The fraction of sp³-hybridized carbons (Fsp3) is 0.550. The zero-order valence-corrected chi connectivity index (χ0v) is 15.9. The summed E-state index contributed by atoms with van der Waals surface area (Å²) >= 11 is 0. The molecular formula is C20H26N6O. The Morgan fingerprint density at radius 3 is 2.74 bits per heavy atom. The quantitative estimate of drug-likeness (QED) is 0.809. The minimum Gasteiger partial charge on any atom is -0.393 e. The molecule has 2 heterocycles. The molecule has 142 valence electrons. The summed E-state index contributed by atoms with van der Waals surface area (Å²) in [7, 11) is 0. The Hall–Kier alpha value is -2.59. The Morgan fingerprint density at radius 2 is 2.04 bits per heavy atom. The molecule has 0 spiro atoms. The third-order valence-electron chi connectivity index (χ3n) is 5.35. The molecule has 1 aliphatic rings. The first-order chi connectivity index (χ1) is 13.0. The topological polar surface area (TPSA) is 108 Å². The van der Waals surface area contributed by atoms with Gasteiger partial charge in [0.25, 0.3) is 0 Å². The highest BCUT2D eigenvalue weighted by Gasteiger charge is 2.35. The molecule has 1 fully saturated rings. The standard InChI is InChI=1S/C20H26N6O/c1-20(2)8-14(3-4-18(20)27)7-17-16(9-21)12-25-19(26-17)24-6-5-15-10-22-13-23-11-15/h10-14,18,27H,3-8H2,1-2H3,(H,24,25,26)/t14?,18-/m0/s1. The predicted octanol–water partition coefficient (Wildman–Crippen LogP) is 2.52. The smallest absolute Gasteiger partial charge is 0.222 e. The van der Waals surface area contributed by atoms with Crippen LogP contribution in [0.3, 0.4) is 0 Å². The minimum atomic E-state index is -0.256. The van der Waals surface area contributed by atoms with E-state index in [4.69, 9.17) is 0 Å². The van der Waals surface area contributed by atoms with E-state index in [0.717, 1.165) is 43.4 Å². The molecule has 0 bridgehead atoms. The number of nitrogens with zero attached hydrogens (tertiary/aromatic N) is 5. The Kier molecular flexibility index (Phi) is 5.97. The Labute approximate surface area is 159 Å². The van der Waals surface area contributed by atoms with E-state index in [1.165, 1.54) is 6.33 Å². The van der Waals surface area contributed by atoms with Gasteiger partial charge < -0.3 is 10.4 Å². The highest BCUT2D eigenvalue weighted by atomic mass is 16.3. The van der Waals surface area contributed by atoms with Gasteiger partial charge in [0.15, 0.2) is 0 Å². The summed E-state index contributed by atoms with van der Waals surface area (Å²) in [4.78, 5) is 16.9. The SMILES string of the molecule is CC1(C)CC(Cc2nc(NCCc3cncnc3)ncc2C#N)CC[C@@H]1O. The van der Waals surface area contributed by atoms with E-state index < -0.39 is 0 Å². The van der Waals surface area contributed by atoms with E-state index in [2.05, 4.69) is 45.2 Å². The zero-order valence-electron chi connectivity index (χ0n) is 15.9. The third-order valence-corrected chi connectivity index (χ3v) is 5.35.